The minimum absolute atomic E-state index is 0.858. The lowest BCUT2D eigenvalue weighted by Crippen LogP contribution is -2.24. The van der Waals surface area contributed by atoms with Crippen LogP contribution in [0, 0.1) is 0 Å². The fourth-order valence-corrected chi connectivity index (χ4v) is 3.48. The van der Waals surface area contributed by atoms with Crippen LogP contribution in [0.4, 0.5) is 0 Å². The molecule has 4 heteroatoms. The number of thiophene rings is 1. The first kappa shape index (κ1) is 13.1. The second-order valence-corrected chi connectivity index (χ2v) is 6.64. The van der Waals surface area contributed by atoms with Crippen molar-refractivity contribution in [2.75, 3.05) is 6.54 Å². The summed E-state index contributed by atoms with van der Waals surface area (Å²) < 4.78 is 0.858. The molecule has 2 aromatic rings. The highest BCUT2D eigenvalue weighted by Gasteiger charge is 2.08. The van der Waals surface area contributed by atoms with E-state index >= 15 is 0 Å². The number of nitrogens with one attached hydrogen (secondary N) is 2. The highest BCUT2D eigenvalue weighted by atomic mass is 35.5. The van der Waals surface area contributed by atoms with E-state index in [1.54, 1.807) is 11.3 Å². The second-order valence-electron chi connectivity index (χ2n) is 4.84. The van der Waals surface area contributed by atoms with Crippen molar-refractivity contribution in [3.05, 3.63) is 56.2 Å². The van der Waals surface area contributed by atoms with Crippen molar-refractivity contribution in [1.29, 1.82) is 0 Å². The molecular formula is C15H17ClN2S. The molecule has 19 heavy (non-hydrogen) atoms. The lowest BCUT2D eigenvalue weighted by molar-refractivity contribution is 0.639. The molecule has 0 saturated carbocycles. The quantitative estimate of drug-likeness (QED) is 0.903. The molecule has 2 nitrogen and oxygen atoms in total. The van der Waals surface area contributed by atoms with Crippen LogP contribution in [0.2, 0.25) is 4.34 Å². The molecule has 0 atom stereocenters. The van der Waals surface area contributed by atoms with Gasteiger partial charge in [0.15, 0.2) is 0 Å². The van der Waals surface area contributed by atoms with Gasteiger partial charge in [0, 0.05) is 24.5 Å². The lowest BCUT2D eigenvalue weighted by atomic mass is 9.98. The molecule has 1 aromatic heterocycles. The van der Waals surface area contributed by atoms with Gasteiger partial charge in [-0.05, 0) is 41.8 Å². The Balaban J connectivity index is 1.58. The Bertz CT molecular complexity index is 565. The van der Waals surface area contributed by atoms with Gasteiger partial charge in [0.2, 0.25) is 0 Å². The maximum Gasteiger partial charge on any atom is 0.0931 e. The number of hydrogen-bond acceptors (Lipinski definition) is 3. The summed E-state index contributed by atoms with van der Waals surface area (Å²) in [6.45, 7) is 3.89. The molecule has 1 aliphatic heterocycles. The van der Waals surface area contributed by atoms with Gasteiger partial charge in [-0.2, -0.15) is 0 Å². The number of fused-ring (bicyclic) bond motifs is 1. The average molecular weight is 293 g/mol. The maximum absolute atomic E-state index is 5.92. The van der Waals surface area contributed by atoms with Crippen LogP contribution in [0.5, 0.6) is 0 Å². The Hall–Kier alpha value is -0.870. The minimum atomic E-state index is 0.858. The van der Waals surface area contributed by atoms with Crippen molar-refractivity contribution in [1.82, 2.24) is 10.6 Å². The van der Waals surface area contributed by atoms with E-state index in [1.165, 1.54) is 21.6 Å². The van der Waals surface area contributed by atoms with Crippen LogP contribution in [0.15, 0.2) is 30.3 Å². The van der Waals surface area contributed by atoms with Crippen LogP contribution in [-0.2, 0) is 26.1 Å². The standard InChI is InChI=1S/C15H17ClN2S/c16-15-4-3-14(19-15)10-18-8-11-1-2-12-5-6-17-9-13(12)7-11/h1-4,7,17-18H,5-6,8-10H2. The minimum Gasteiger partial charge on any atom is -0.312 e. The molecule has 1 aliphatic rings. The SMILES string of the molecule is Clc1ccc(CNCc2ccc3c(c2)CNCC3)s1. The Morgan fingerprint density at radius 3 is 2.95 bits per heavy atom. The first-order valence-corrected chi connectivity index (χ1v) is 7.77. The third kappa shape index (κ3) is 3.37. The number of benzene rings is 1. The third-order valence-electron chi connectivity index (χ3n) is 3.41. The molecule has 0 fully saturated rings. The molecule has 2 N–H and O–H groups in total. The normalized spacial score (nSPS) is 14.4. The van der Waals surface area contributed by atoms with E-state index < -0.39 is 0 Å². The van der Waals surface area contributed by atoms with E-state index in [4.69, 9.17) is 11.6 Å². The van der Waals surface area contributed by atoms with Crippen molar-refractivity contribution >= 4 is 22.9 Å². The summed E-state index contributed by atoms with van der Waals surface area (Å²) in [5, 5.41) is 6.89. The summed E-state index contributed by atoms with van der Waals surface area (Å²) in [6, 6.07) is 10.9. The largest absolute Gasteiger partial charge is 0.312 e. The van der Waals surface area contributed by atoms with Crippen molar-refractivity contribution in [3.63, 3.8) is 0 Å². The molecule has 2 heterocycles. The van der Waals surface area contributed by atoms with Gasteiger partial charge in [0.05, 0.1) is 4.34 Å². The number of rotatable bonds is 4. The smallest absolute Gasteiger partial charge is 0.0931 e. The number of hydrogen-bond donors (Lipinski definition) is 2. The summed E-state index contributed by atoms with van der Waals surface area (Å²) in [5.74, 6) is 0. The summed E-state index contributed by atoms with van der Waals surface area (Å²) in [7, 11) is 0. The average Bonchev–Trinajstić information content (AvgIpc) is 2.84. The van der Waals surface area contributed by atoms with Gasteiger partial charge in [0.25, 0.3) is 0 Å². The van der Waals surface area contributed by atoms with E-state index in [0.29, 0.717) is 0 Å². The van der Waals surface area contributed by atoms with Gasteiger partial charge in [-0.1, -0.05) is 29.8 Å². The van der Waals surface area contributed by atoms with Gasteiger partial charge < -0.3 is 10.6 Å². The lowest BCUT2D eigenvalue weighted by Gasteiger charge is -2.18. The van der Waals surface area contributed by atoms with Crippen molar-refractivity contribution in [2.45, 2.75) is 26.1 Å². The van der Waals surface area contributed by atoms with Gasteiger partial charge in [-0.25, -0.2) is 0 Å². The van der Waals surface area contributed by atoms with E-state index in [2.05, 4.69) is 34.9 Å². The zero-order valence-corrected chi connectivity index (χ0v) is 12.3. The Kier molecular flexibility index (Phi) is 4.18. The van der Waals surface area contributed by atoms with E-state index in [0.717, 1.165) is 36.9 Å². The Labute approximate surface area is 122 Å². The summed E-state index contributed by atoms with van der Waals surface area (Å²) in [6.07, 6.45) is 1.15. The van der Waals surface area contributed by atoms with Crippen molar-refractivity contribution in [2.24, 2.45) is 0 Å². The first-order chi connectivity index (χ1) is 9.31. The van der Waals surface area contributed by atoms with Gasteiger partial charge in [-0.15, -0.1) is 11.3 Å². The van der Waals surface area contributed by atoms with Crippen LogP contribution in [-0.4, -0.2) is 6.54 Å². The number of halogens is 1. The predicted molar refractivity (Wildman–Crippen MR) is 81.7 cm³/mol. The molecule has 0 spiro atoms. The van der Waals surface area contributed by atoms with Crippen LogP contribution >= 0.6 is 22.9 Å². The topological polar surface area (TPSA) is 24.1 Å². The zero-order valence-electron chi connectivity index (χ0n) is 10.7. The molecule has 0 amide bonds. The Morgan fingerprint density at radius 2 is 2.11 bits per heavy atom. The van der Waals surface area contributed by atoms with E-state index in [-0.39, 0.29) is 0 Å². The van der Waals surface area contributed by atoms with Gasteiger partial charge in [-0.3, -0.25) is 0 Å². The van der Waals surface area contributed by atoms with E-state index in [1.807, 2.05) is 6.07 Å². The molecule has 0 unspecified atom stereocenters. The van der Waals surface area contributed by atoms with Crippen LogP contribution in [0.1, 0.15) is 21.6 Å². The summed E-state index contributed by atoms with van der Waals surface area (Å²) in [5.41, 5.74) is 4.29. The predicted octanol–water partition coefficient (Wildman–Crippen LogP) is 3.34. The molecule has 0 bridgehead atoms. The van der Waals surface area contributed by atoms with Crippen LogP contribution in [0.3, 0.4) is 0 Å². The van der Waals surface area contributed by atoms with Gasteiger partial charge in [0.1, 0.15) is 0 Å². The van der Waals surface area contributed by atoms with Crippen molar-refractivity contribution < 1.29 is 0 Å². The summed E-state index contributed by atoms with van der Waals surface area (Å²) >= 11 is 7.56. The van der Waals surface area contributed by atoms with Crippen LogP contribution < -0.4 is 10.6 Å². The fraction of sp³-hybridized carbons (Fsp3) is 0.333. The van der Waals surface area contributed by atoms with Gasteiger partial charge >= 0.3 is 0 Å². The fourth-order valence-electron chi connectivity index (χ4n) is 2.42. The van der Waals surface area contributed by atoms with E-state index in [9.17, 15) is 0 Å². The molecule has 3 rings (SSSR count). The highest BCUT2D eigenvalue weighted by Crippen LogP contribution is 2.21. The summed E-state index contributed by atoms with van der Waals surface area (Å²) in [4.78, 5) is 1.28. The highest BCUT2D eigenvalue weighted by molar-refractivity contribution is 7.16. The third-order valence-corrected chi connectivity index (χ3v) is 4.65. The first-order valence-electron chi connectivity index (χ1n) is 6.57. The monoisotopic (exact) mass is 292 g/mol. The maximum atomic E-state index is 5.92. The molecular weight excluding hydrogens is 276 g/mol. The van der Waals surface area contributed by atoms with Crippen LogP contribution in [0.25, 0.3) is 0 Å². The van der Waals surface area contributed by atoms with Crippen molar-refractivity contribution in [3.8, 4) is 0 Å². The second kappa shape index (κ2) is 6.06. The molecule has 1 aromatic carbocycles. The molecule has 100 valence electrons. The molecule has 0 saturated heterocycles. The molecule has 0 radical (unpaired) electrons. The molecule has 0 aliphatic carbocycles. The zero-order chi connectivity index (χ0) is 13.1. The Morgan fingerprint density at radius 1 is 1.16 bits per heavy atom.